The molecular weight excluding hydrogens is 314 g/mol. The van der Waals surface area contributed by atoms with Crippen LogP contribution >= 0.6 is 0 Å². The molecule has 0 bridgehead atoms. The number of nitrogens with one attached hydrogen (secondary N) is 1. The second kappa shape index (κ2) is 8.93. The second-order valence-corrected chi connectivity index (χ2v) is 7.18. The van der Waals surface area contributed by atoms with E-state index >= 15 is 0 Å². The van der Waals surface area contributed by atoms with Gasteiger partial charge in [-0.1, -0.05) is 54.7 Å². The van der Waals surface area contributed by atoms with Crippen LogP contribution < -0.4 is 5.32 Å². The molecule has 2 fully saturated rings. The Morgan fingerprint density at radius 1 is 1.08 bits per heavy atom. The molecule has 2 aliphatic carbocycles. The highest BCUT2D eigenvalue weighted by Crippen LogP contribution is 2.30. The number of rotatable bonds is 6. The average Bonchev–Trinajstić information content (AvgIpc) is 3.13. The summed E-state index contributed by atoms with van der Waals surface area (Å²) in [6.07, 6.45) is 9.75. The zero-order valence-electron chi connectivity index (χ0n) is 14.7. The molecule has 3 rings (SSSR count). The van der Waals surface area contributed by atoms with Crippen LogP contribution in [0.15, 0.2) is 35.4 Å². The highest BCUT2D eigenvalue weighted by Gasteiger charge is 2.37. The van der Waals surface area contributed by atoms with Crippen LogP contribution in [0, 0.1) is 5.92 Å². The second-order valence-electron chi connectivity index (χ2n) is 7.18. The van der Waals surface area contributed by atoms with Crippen LogP contribution in [0.5, 0.6) is 0 Å². The van der Waals surface area contributed by atoms with Gasteiger partial charge in [0.15, 0.2) is 0 Å². The molecule has 0 spiro atoms. The van der Waals surface area contributed by atoms with Crippen LogP contribution in [0.4, 0.5) is 0 Å². The van der Waals surface area contributed by atoms with Gasteiger partial charge in [-0.3, -0.25) is 4.79 Å². The fraction of sp³-hybridized carbons (Fsp3) is 0.600. The van der Waals surface area contributed by atoms with Crippen LogP contribution in [-0.4, -0.2) is 29.1 Å². The molecule has 134 valence electrons. The molecule has 1 N–H and O–H groups in total. The molecule has 0 saturated heterocycles. The number of hydrogen-bond acceptors (Lipinski definition) is 4. The van der Waals surface area contributed by atoms with Gasteiger partial charge in [-0.2, -0.15) is 0 Å². The lowest BCUT2D eigenvalue weighted by Crippen LogP contribution is -2.48. The predicted molar refractivity (Wildman–Crippen MR) is 96.3 cm³/mol. The summed E-state index contributed by atoms with van der Waals surface area (Å²) < 4.78 is 0. The highest BCUT2D eigenvalue weighted by atomic mass is 16.2. The largest absolute Gasteiger partial charge is 0.308 e. The number of carbonyl (C=O) groups excluding carboxylic acids is 2. The van der Waals surface area contributed by atoms with Crippen molar-refractivity contribution >= 4 is 12.0 Å². The maximum Gasteiger partial charge on any atom is 0.258 e. The van der Waals surface area contributed by atoms with Crippen molar-refractivity contribution in [2.24, 2.45) is 11.0 Å². The minimum absolute atomic E-state index is 0.0150. The molecule has 2 atom stereocenters. The topological polar surface area (TPSA) is 61.8 Å². The number of benzene rings is 1. The molecule has 0 aromatic heterocycles. The molecule has 1 aromatic rings. The first kappa shape index (κ1) is 17.8. The summed E-state index contributed by atoms with van der Waals surface area (Å²) in [5.41, 5.74) is 1.22. The average molecular weight is 341 g/mol. The third kappa shape index (κ3) is 4.56. The van der Waals surface area contributed by atoms with Gasteiger partial charge >= 0.3 is 0 Å². The number of hydrogen-bond donors (Lipinski definition) is 1. The molecule has 2 unspecified atom stereocenters. The monoisotopic (exact) mass is 341 g/mol. The van der Waals surface area contributed by atoms with Crippen molar-refractivity contribution in [3.05, 3.63) is 35.9 Å². The van der Waals surface area contributed by atoms with E-state index in [-0.39, 0.29) is 23.9 Å². The Hall–Kier alpha value is -1.97. The zero-order valence-corrected chi connectivity index (χ0v) is 14.7. The van der Waals surface area contributed by atoms with Crippen LogP contribution in [0.25, 0.3) is 0 Å². The normalized spacial score (nSPS) is 23.8. The van der Waals surface area contributed by atoms with Crippen molar-refractivity contribution in [1.82, 2.24) is 10.3 Å². The van der Waals surface area contributed by atoms with E-state index in [9.17, 15) is 9.59 Å². The van der Waals surface area contributed by atoms with Gasteiger partial charge in [-0.15, -0.1) is 0 Å². The minimum atomic E-state index is -0.0420. The molecular formula is C20H27N3O2. The van der Waals surface area contributed by atoms with E-state index in [0.717, 1.165) is 51.5 Å². The van der Waals surface area contributed by atoms with Crippen LogP contribution in [0.2, 0.25) is 0 Å². The molecule has 1 aromatic carbocycles. The fourth-order valence-electron chi connectivity index (χ4n) is 4.18. The summed E-state index contributed by atoms with van der Waals surface area (Å²) in [5.74, 6) is 0.0303. The molecule has 25 heavy (non-hydrogen) atoms. The molecule has 0 heterocycles. The Bertz CT molecular complexity index is 607. The number of amides is 1. The van der Waals surface area contributed by atoms with Gasteiger partial charge in [-0.25, -0.2) is 9.80 Å². The number of isocyanates is 1. The number of carbonyl (C=O) groups is 1. The predicted octanol–water partition coefficient (Wildman–Crippen LogP) is 3.36. The van der Waals surface area contributed by atoms with E-state index < -0.39 is 0 Å². The summed E-state index contributed by atoms with van der Waals surface area (Å²) in [7, 11) is 0. The van der Waals surface area contributed by atoms with Gasteiger partial charge in [0.1, 0.15) is 0 Å². The van der Waals surface area contributed by atoms with Gasteiger partial charge in [0.05, 0.1) is 6.04 Å². The third-order valence-electron chi connectivity index (χ3n) is 5.53. The molecule has 1 amide bonds. The van der Waals surface area contributed by atoms with E-state index in [1.807, 2.05) is 18.2 Å². The zero-order chi connectivity index (χ0) is 17.5. The summed E-state index contributed by atoms with van der Waals surface area (Å²) in [6.45, 7) is 0.762. The summed E-state index contributed by atoms with van der Waals surface area (Å²) in [4.78, 5) is 23.9. The molecule has 5 heteroatoms. The molecule has 0 radical (unpaired) electrons. The summed E-state index contributed by atoms with van der Waals surface area (Å²) >= 11 is 0. The Morgan fingerprint density at radius 3 is 2.56 bits per heavy atom. The van der Waals surface area contributed by atoms with Crippen LogP contribution in [0.3, 0.4) is 0 Å². The lowest BCUT2D eigenvalue weighted by atomic mass is 9.88. The van der Waals surface area contributed by atoms with E-state index in [4.69, 9.17) is 0 Å². The lowest BCUT2D eigenvalue weighted by Gasteiger charge is -2.32. The van der Waals surface area contributed by atoms with Gasteiger partial charge in [0, 0.05) is 18.5 Å². The SMILES string of the molecule is O=C=NN(C(=O)C1CCCCC1)C1CCCC1NCc1ccccc1. The first-order chi connectivity index (χ1) is 12.3. The summed E-state index contributed by atoms with van der Waals surface area (Å²) in [6, 6.07) is 10.4. The van der Waals surface area contributed by atoms with E-state index in [0.29, 0.717) is 0 Å². The summed E-state index contributed by atoms with van der Waals surface area (Å²) in [5, 5.41) is 8.84. The Kier molecular flexibility index (Phi) is 6.37. The minimum Gasteiger partial charge on any atom is -0.308 e. The van der Waals surface area contributed by atoms with E-state index in [2.05, 4.69) is 22.6 Å². The van der Waals surface area contributed by atoms with Crippen molar-refractivity contribution in [3.8, 4) is 0 Å². The first-order valence-electron chi connectivity index (χ1n) is 9.48. The van der Waals surface area contributed by atoms with Crippen molar-refractivity contribution < 1.29 is 9.59 Å². The maximum atomic E-state index is 12.9. The quantitative estimate of drug-likeness (QED) is 0.490. The Balaban J connectivity index is 1.66. The van der Waals surface area contributed by atoms with Crippen molar-refractivity contribution in [2.45, 2.75) is 70.0 Å². The van der Waals surface area contributed by atoms with Crippen molar-refractivity contribution in [3.63, 3.8) is 0 Å². The molecule has 5 nitrogen and oxygen atoms in total. The highest BCUT2D eigenvalue weighted by molar-refractivity contribution is 5.79. The van der Waals surface area contributed by atoms with Gasteiger partial charge < -0.3 is 5.32 Å². The molecule has 0 aliphatic heterocycles. The van der Waals surface area contributed by atoms with Crippen LogP contribution in [0.1, 0.15) is 56.9 Å². The van der Waals surface area contributed by atoms with E-state index in [1.165, 1.54) is 17.0 Å². The standard InChI is InChI=1S/C20H27N3O2/c24-15-22-23(20(25)17-10-5-2-6-11-17)19-13-7-12-18(19)21-14-16-8-3-1-4-9-16/h1,3-4,8-9,17-19,21H,2,5-7,10-14H2. The molecule has 2 saturated carbocycles. The smallest absolute Gasteiger partial charge is 0.258 e. The van der Waals surface area contributed by atoms with Crippen molar-refractivity contribution in [1.29, 1.82) is 0 Å². The lowest BCUT2D eigenvalue weighted by molar-refractivity contribution is -0.139. The van der Waals surface area contributed by atoms with Gasteiger partial charge in [-0.05, 0) is 37.7 Å². The fourth-order valence-corrected chi connectivity index (χ4v) is 4.18. The first-order valence-corrected chi connectivity index (χ1v) is 9.48. The van der Waals surface area contributed by atoms with Gasteiger partial charge in [0.2, 0.25) is 5.91 Å². The molecule has 2 aliphatic rings. The Labute approximate surface area is 149 Å². The van der Waals surface area contributed by atoms with E-state index in [1.54, 1.807) is 6.08 Å². The van der Waals surface area contributed by atoms with Crippen molar-refractivity contribution in [2.75, 3.05) is 0 Å². The third-order valence-corrected chi connectivity index (χ3v) is 5.53. The van der Waals surface area contributed by atoms with Crippen LogP contribution in [-0.2, 0) is 16.1 Å². The Morgan fingerprint density at radius 2 is 1.84 bits per heavy atom. The maximum absolute atomic E-state index is 12.9. The number of nitrogens with zero attached hydrogens (tertiary/aromatic N) is 2. The van der Waals surface area contributed by atoms with Gasteiger partial charge in [0.25, 0.3) is 6.08 Å². The number of hydrazone groups is 1.